The Morgan fingerprint density at radius 1 is 1.30 bits per heavy atom. The Hall–Kier alpha value is -0.810. The molecule has 1 aromatic heterocycles. The SMILES string of the molecule is CC(C)(C)NCc1cnc(N2CCSC(C)(C)C2)cn1. The van der Waals surface area contributed by atoms with Crippen molar-refractivity contribution in [3.63, 3.8) is 0 Å². The molecule has 20 heavy (non-hydrogen) atoms. The Balaban J connectivity index is 1.97. The third-order valence-electron chi connectivity index (χ3n) is 3.24. The zero-order valence-electron chi connectivity index (χ0n) is 13.2. The largest absolute Gasteiger partial charge is 0.353 e. The van der Waals surface area contributed by atoms with E-state index in [1.54, 1.807) is 0 Å². The molecule has 4 nitrogen and oxygen atoms in total. The van der Waals surface area contributed by atoms with Gasteiger partial charge in [-0.2, -0.15) is 11.8 Å². The molecular formula is C15H26N4S. The Bertz CT molecular complexity index is 436. The first kappa shape index (κ1) is 15.6. The van der Waals surface area contributed by atoms with Crippen LogP contribution in [-0.2, 0) is 6.54 Å². The lowest BCUT2D eigenvalue weighted by atomic mass is 10.1. The summed E-state index contributed by atoms with van der Waals surface area (Å²) in [5.74, 6) is 2.15. The van der Waals surface area contributed by atoms with E-state index in [9.17, 15) is 0 Å². The highest BCUT2D eigenvalue weighted by Crippen LogP contribution is 2.31. The third kappa shape index (κ3) is 4.63. The van der Waals surface area contributed by atoms with E-state index in [0.717, 1.165) is 36.9 Å². The molecule has 0 aromatic carbocycles. The standard InChI is InChI=1S/C15H26N4S/c1-14(2,3)18-9-12-8-17-13(10-16-12)19-6-7-20-15(4,5)11-19/h8,10,18H,6-7,9,11H2,1-5H3. The maximum absolute atomic E-state index is 4.58. The van der Waals surface area contributed by atoms with Gasteiger partial charge in [0.1, 0.15) is 5.82 Å². The van der Waals surface area contributed by atoms with E-state index in [1.165, 1.54) is 0 Å². The van der Waals surface area contributed by atoms with Crippen LogP contribution in [0.15, 0.2) is 12.4 Å². The second kappa shape index (κ2) is 5.90. The first-order valence-electron chi connectivity index (χ1n) is 7.20. The monoisotopic (exact) mass is 294 g/mol. The highest BCUT2D eigenvalue weighted by atomic mass is 32.2. The number of nitrogens with zero attached hydrogens (tertiary/aromatic N) is 3. The zero-order chi connectivity index (χ0) is 14.8. The lowest BCUT2D eigenvalue weighted by molar-refractivity contribution is 0.421. The highest BCUT2D eigenvalue weighted by Gasteiger charge is 2.27. The second-order valence-electron chi connectivity index (χ2n) is 7.00. The summed E-state index contributed by atoms with van der Waals surface area (Å²) in [5, 5.41) is 3.43. The first-order valence-corrected chi connectivity index (χ1v) is 8.19. The van der Waals surface area contributed by atoms with Gasteiger partial charge < -0.3 is 10.2 Å². The van der Waals surface area contributed by atoms with Gasteiger partial charge in [-0.25, -0.2) is 4.98 Å². The minimum atomic E-state index is 0.106. The summed E-state index contributed by atoms with van der Waals surface area (Å²) in [6, 6.07) is 0. The van der Waals surface area contributed by atoms with Gasteiger partial charge in [-0.15, -0.1) is 0 Å². The van der Waals surface area contributed by atoms with Gasteiger partial charge in [0.25, 0.3) is 0 Å². The molecule has 1 fully saturated rings. The van der Waals surface area contributed by atoms with Gasteiger partial charge in [-0.1, -0.05) is 0 Å². The van der Waals surface area contributed by atoms with E-state index in [2.05, 4.69) is 54.8 Å². The van der Waals surface area contributed by atoms with Crippen molar-refractivity contribution in [3.05, 3.63) is 18.1 Å². The molecule has 2 rings (SSSR count). The predicted octanol–water partition coefficient (Wildman–Crippen LogP) is 2.70. The van der Waals surface area contributed by atoms with Gasteiger partial charge in [-0.05, 0) is 34.6 Å². The fourth-order valence-corrected chi connectivity index (χ4v) is 3.28. The summed E-state index contributed by atoms with van der Waals surface area (Å²) >= 11 is 2.03. The molecule has 0 aliphatic carbocycles. The van der Waals surface area contributed by atoms with Crippen LogP contribution in [0.25, 0.3) is 0 Å². The van der Waals surface area contributed by atoms with Crippen LogP contribution < -0.4 is 10.2 Å². The molecule has 0 saturated carbocycles. The molecule has 0 amide bonds. The van der Waals surface area contributed by atoms with Crippen molar-refractivity contribution in [2.75, 3.05) is 23.7 Å². The van der Waals surface area contributed by atoms with E-state index >= 15 is 0 Å². The van der Waals surface area contributed by atoms with E-state index in [4.69, 9.17) is 0 Å². The third-order valence-corrected chi connectivity index (χ3v) is 4.54. The predicted molar refractivity (Wildman–Crippen MR) is 87.4 cm³/mol. The second-order valence-corrected chi connectivity index (χ2v) is 8.80. The number of aromatic nitrogens is 2. The maximum Gasteiger partial charge on any atom is 0.147 e. The summed E-state index contributed by atoms with van der Waals surface area (Å²) in [4.78, 5) is 11.5. The van der Waals surface area contributed by atoms with Gasteiger partial charge in [0.15, 0.2) is 0 Å². The van der Waals surface area contributed by atoms with Crippen LogP contribution in [0.2, 0.25) is 0 Å². The summed E-state index contributed by atoms with van der Waals surface area (Å²) < 4.78 is 0.298. The molecule has 0 unspecified atom stereocenters. The van der Waals surface area contributed by atoms with E-state index < -0.39 is 0 Å². The van der Waals surface area contributed by atoms with Crippen molar-refractivity contribution < 1.29 is 0 Å². The Labute approximate surface area is 126 Å². The summed E-state index contributed by atoms with van der Waals surface area (Å²) in [5.41, 5.74) is 1.10. The Morgan fingerprint density at radius 2 is 2.05 bits per heavy atom. The van der Waals surface area contributed by atoms with Crippen molar-refractivity contribution in [1.82, 2.24) is 15.3 Å². The number of thioether (sulfide) groups is 1. The average Bonchev–Trinajstić information content (AvgIpc) is 2.35. The van der Waals surface area contributed by atoms with E-state index in [1.807, 2.05) is 24.2 Å². The summed E-state index contributed by atoms with van der Waals surface area (Å²) in [7, 11) is 0. The van der Waals surface area contributed by atoms with Gasteiger partial charge >= 0.3 is 0 Å². The topological polar surface area (TPSA) is 41.1 Å². The number of hydrogen-bond acceptors (Lipinski definition) is 5. The fourth-order valence-electron chi connectivity index (χ4n) is 2.17. The quantitative estimate of drug-likeness (QED) is 0.928. The zero-order valence-corrected chi connectivity index (χ0v) is 14.0. The minimum Gasteiger partial charge on any atom is -0.353 e. The van der Waals surface area contributed by atoms with Crippen molar-refractivity contribution in [2.45, 2.75) is 51.4 Å². The van der Waals surface area contributed by atoms with Gasteiger partial charge in [0.2, 0.25) is 0 Å². The molecule has 1 aliphatic rings. The molecule has 112 valence electrons. The molecule has 1 N–H and O–H groups in total. The van der Waals surface area contributed by atoms with Gasteiger partial charge in [0, 0.05) is 35.7 Å². The minimum absolute atomic E-state index is 0.106. The molecule has 0 atom stereocenters. The molecule has 1 saturated heterocycles. The average molecular weight is 294 g/mol. The number of hydrogen-bond donors (Lipinski definition) is 1. The van der Waals surface area contributed by atoms with Crippen molar-refractivity contribution >= 4 is 17.6 Å². The van der Waals surface area contributed by atoms with Crippen LogP contribution in [0, 0.1) is 0 Å². The fraction of sp³-hybridized carbons (Fsp3) is 0.733. The van der Waals surface area contributed by atoms with Crippen molar-refractivity contribution in [3.8, 4) is 0 Å². The van der Waals surface area contributed by atoms with Crippen molar-refractivity contribution in [2.24, 2.45) is 0 Å². The smallest absolute Gasteiger partial charge is 0.147 e. The Kier molecular flexibility index (Phi) is 4.59. The highest BCUT2D eigenvalue weighted by molar-refractivity contribution is 8.00. The molecule has 0 radical (unpaired) electrons. The number of nitrogens with one attached hydrogen (secondary N) is 1. The lowest BCUT2D eigenvalue weighted by Crippen LogP contribution is -2.43. The lowest BCUT2D eigenvalue weighted by Gasteiger charge is -2.38. The van der Waals surface area contributed by atoms with Crippen LogP contribution in [-0.4, -0.2) is 39.1 Å². The first-order chi connectivity index (χ1) is 9.25. The van der Waals surface area contributed by atoms with E-state index in [-0.39, 0.29) is 5.54 Å². The molecule has 5 heteroatoms. The molecule has 1 aromatic rings. The summed E-state index contributed by atoms with van der Waals surface area (Å²) in [6.07, 6.45) is 3.80. The number of anilines is 1. The molecule has 1 aliphatic heterocycles. The van der Waals surface area contributed by atoms with Crippen LogP contribution in [0.5, 0.6) is 0 Å². The summed E-state index contributed by atoms with van der Waals surface area (Å²) in [6.45, 7) is 13.9. The number of rotatable bonds is 3. The normalized spacial score (nSPS) is 19.1. The van der Waals surface area contributed by atoms with Crippen LogP contribution in [0.4, 0.5) is 5.82 Å². The maximum atomic E-state index is 4.58. The molecule has 2 heterocycles. The molecule has 0 bridgehead atoms. The van der Waals surface area contributed by atoms with Crippen molar-refractivity contribution in [1.29, 1.82) is 0 Å². The molecule has 0 spiro atoms. The molecular weight excluding hydrogens is 268 g/mol. The van der Waals surface area contributed by atoms with Crippen LogP contribution >= 0.6 is 11.8 Å². The van der Waals surface area contributed by atoms with Crippen LogP contribution in [0.1, 0.15) is 40.3 Å². The van der Waals surface area contributed by atoms with Crippen LogP contribution in [0.3, 0.4) is 0 Å². The van der Waals surface area contributed by atoms with Gasteiger partial charge in [-0.3, -0.25) is 4.98 Å². The van der Waals surface area contributed by atoms with Gasteiger partial charge in [0.05, 0.1) is 18.1 Å². The van der Waals surface area contributed by atoms with E-state index in [0.29, 0.717) is 4.75 Å². The Morgan fingerprint density at radius 3 is 2.60 bits per heavy atom.